The number of sulfonamides is 1. The van der Waals surface area contributed by atoms with E-state index in [0.29, 0.717) is 28.6 Å². The molecule has 1 unspecified atom stereocenters. The number of nitrogens with zero attached hydrogens (tertiary/aromatic N) is 1. The molecule has 0 aliphatic rings. The summed E-state index contributed by atoms with van der Waals surface area (Å²) in [5.41, 5.74) is 0.783. The first-order valence-electron chi connectivity index (χ1n) is 8.37. The monoisotopic (exact) mass is 408 g/mol. The second-order valence-corrected chi connectivity index (χ2v) is 7.85. The summed E-state index contributed by atoms with van der Waals surface area (Å²) in [6.07, 6.45) is 1.05. The number of benzene rings is 2. The number of anilines is 2. The summed E-state index contributed by atoms with van der Waals surface area (Å²) in [4.78, 5) is 12.8. The van der Waals surface area contributed by atoms with Crippen molar-refractivity contribution in [3.8, 4) is 17.2 Å². The van der Waals surface area contributed by atoms with Crippen molar-refractivity contribution < 1.29 is 27.4 Å². The van der Waals surface area contributed by atoms with Gasteiger partial charge in [0.15, 0.2) is 11.5 Å². The standard InChI is InChI=1S/C19H24N2O6S/c1-13(19(22)20-14-9-10-17(26-3)18(11-14)27-4)21(28(5,23)24)15-7-6-8-16(12-15)25-2/h6-13H,1-5H3,(H,20,22). The fraction of sp³-hybridized carbons (Fsp3) is 0.316. The predicted molar refractivity (Wildman–Crippen MR) is 108 cm³/mol. The molecule has 0 spiro atoms. The van der Waals surface area contributed by atoms with Crippen LogP contribution in [0.3, 0.4) is 0 Å². The predicted octanol–water partition coefficient (Wildman–Crippen LogP) is 2.51. The maximum Gasteiger partial charge on any atom is 0.247 e. The van der Waals surface area contributed by atoms with Crippen molar-refractivity contribution in [2.45, 2.75) is 13.0 Å². The molecule has 0 aliphatic heterocycles. The molecule has 1 amide bonds. The van der Waals surface area contributed by atoms with Crippen molar-refractivity contribution in [1.29, 1.82) is 0 Å². The zero-order valence-corrected chi connectivity index (χ0v) is 17.2. The van der Waals surface area contributed by atoms with Gasteiger partial charge in [0.1, 0.15) is 11.8 Å². The molecule has 28 heavy (non-hydrogen) atoms. The van der Waals surface area contributed by atoms with Gasteiger partial charge in [0.2, 0.25) is 15.9 Å². The van der Waals surface area contributed by atoms with Crippen LogP contribution in [0.1, 0.15) is 6.92 Å². The van der Waals surface area contributed by atoms with Crippen LogP contribution in [0.15, 0.2) is 42.5 Å². The Morgan fingerprint density at radius 3 is 2.25 bits per heavy atom. The molecule has 1 N–H and O–H groups in total. The second-order valence-electron chi connectivity index (χ2n) is 6.00. The topological polar surface area (TPSA) is 94.2 Å². The SMILES string of the molecule is COc1cccc(N(C(C)C(=O)Nc2ccc(OC)c(OC)c2)S(C)(=O)=O)c1. The number of carbonyl (C=O) groups is 1. The summed E-state index contributed by atoms with van der Waals surface area (Å²) >= 11 is 0. The summed E-state index contributed by atoms with van der Waals surface area (Å²) in [6.45, 7) is 1.51. The Bertz CT molecular complexity index is 945. The van der Waals surface area contributed by atoms with Crippen LogP contribution in [-0.4, -0.2) is 48.0 Å². The van der Waals surface area contributed by atoms with E-state index >= 15 is 0 Å². The fourth-order valence-electron chi connectivity index (χ4n) is 2.72. The lowest BCUT2D eigenvalue weighted by Gasteiger charge is -2.28. The Balaban J connectivity index is 2.32. The van der Waals surface area contributed by atoms with Crippen LogP contribution in [0.25, 0.3) is 0 Å². The van der Waals surface area contributed by atoms with Gasteiger partial charge >= 0.3 is 0 Å². The smallest absolute Gasteiger partial charge is 0.247 e. The van der Waals surface area contributed by atoms with E-state index in [9.17, 15) is 13.2 Å². The van der Waals surface area contributed by atoms with Crippen molar-refractivity contribution >= 4 is 27.3 Å². The van der Waals surface area contributed by atoms with Crippen LogP contribution < -0.4 is 23.8 Å². The lowest BCUT2D eigenvalue weighted by Crippen LogP contribution is -2.45. The minimum atomic E-state index is -3.73. The summed E-state index contributed by atoms with van der Waals surface area (Å²) in [7, 11) is 0.749. The molecule has 0 heterocycles. The third kappa shape index (κ3) is 4.86. The third-order valence-corrected chi connectivity index (χ3v) is 5.29. The number of amides is 1. The lowest BCUT2D eigenvalue weighted by molar-refractivity contribution is -0.116. The molecule has 0 aromatic heterocycles. The number of nitrogens with one attached hydrogen (secondary N) is 1. The number of rotatable bonds is 8. The fourth-order valence-corrected chi connectivity index (χ4v) is 3.88. The number of hydrogen-bond acceptors (Lipinski definition) is 6. The molecular weight excluding hydrogens is 384 g/mol. The minimum absolute atomic E-state index is 0.330. The molecule has 0 fully saturated rings. The minimum Gasteiger partial charge on any atom is -0.497 e. The number of ether oxygens (including phenoxy) is 3. The molecule has 8 nitrogen and oxygen atoms in total. The average Bonchev–Trinajstić information content (AvgIpc) is 2.66. The Morgan fingerprint density at radius 1 is 1.00 bits per heavy atom. The Labute approximate surface area is 165 Å². The highest BCUT2D eigenvalue weighted by atomic mass is 32.2. The number of carbonyl (C=O) groups excluding carboxylic acids is 1. The van der Waals surface area contributed by atoms with Crippen LogP contribution in [0.5, 0.6) is 17.2 Å². The summed E-state index contributed by atoms with van der Waals surface area (Å²) in [5, 5.41) is 2.71. The molecule has 0 bridgehead atoms. The van der Waals surface area contributed by atoms with Gasteiger partial charge in [-0.15, -0.1) is 0 Å². The number of hydrogen-bond donors (Lipinski definition) is 1. The van der Waals surface area contributed by atoms with Crippen LogP contribution >= 0.6 is 0 Å². The van der Waals surface area contributed by atoms with Gasteiger partial charge in [-0.05, 0) is 31.2 Å². The summed E-state index contributed by atoms with van der Waals surface area (Å²) < 4.78 is 41.4. The molecule has 2 rings (SSSR count). The maximum absolute atomic E-state index is 12.8. The van der Waals surface area contributed by atoms with Gasteiger partial charge in [0.05, 0.1) is 33.3 Å². The third-order valence-electron chi connectivity index (χ3n) is 4.05. The molecule has 2 aromatic rings. The highest BCUT2D eigenvalue weighted by Crippen LogP contribution is 2.30. The van der Waals surface area contributed by atoms with Gasteiger partial charge in [-0.3, -0.25) is 9.10 Å². The Morgan fingerprint density at radius 2 is 1.68 bits per heavy atom. The molecular formula is C19H24N2O6S. The van der Waals surface area contributed by atoms with Crippen molar-refractivity contribution in [2.24, 2.45) is 0 Å². The van der Waals surface area contributed by atoms with Crippen LogP contribution in [0, 0.1) is 0 Å². The van der Waals surface area contributed by atoms with Gasteiger partial charge < -0.3 is 19.5 Å². The Kier molecular flexibility index (Phi) is 6.74. The first-order chi connectivity index (χ1) is 13.2. The van der Waals surface area contributed by atoms with E-state index in [0.717, 1.165) is 10.6 Å². The van der Waals surface area contributed by atoms with E-state index in [2.05, 4.69) is 5.32 Å². The van der Waals surface area contributed by atoms with Crippen molar-refractivity contribution in [3.05, 3.63) is 42.5 Å². The van der Waals surface area contributed by atoms with Crippen LogP contribution in [-0.2, 0) is 14.8 Å². The molecule has 1 atom stereocenters. The first-order valence-corrected chi connectivity index (χ1v) is 10.2. The lowest BCUT2D eigenvalue weighted by atomic mass is 10.2. The average molecular weight is 408 g/mol. The van der Waals surface area contributed by atoms with Gasteiger partial charge in [-0.2, -0.15) is 0 Å². The quantitative estimate of drug-likeness (QED) is 0.721. The normalized spacial score (nSPS) is 12.0. The van der Waals surface area contributed by atoms with E-state index < -0.39 is 22.0 Å². The molecule has 152 valence electrons. The van der Waals surface area contributed by atoms with E-state index in [1.54, 1.807) is 42.5 Å². The first kappa shape index (κ1) is 21.4. The van der Waals surface area contributed by atoms with Crippen molar-refractivity contribution in [1.82, 2.24) is 0 Å². The molecule has 0 saturated carbocycles. The molecule has 0 saturated heterocycles. The summed E-state index contributed by atoms with van der Waals surface area (Å²) in [6, 6.07) is 10.4. The van der Waals surface area contributed by atoms with E-state index in [1.807, 2.05) is 0 Å². The van der Waals surface area contributed by atoms with E-state index in [-0.39, 0.29) is 0 Å². The second kappa shape index (κ2) is 8.83. The van der Waals surface area contributed by atoms with Crippen molar-refractivity contribution in [3.63, 3.8) is 0 Å². The molecule has 2 aromatic carbocycles. The molecule has 9 heteroatoms. The molecule has 0 radical (unpaired) electrons. The van der Waals surface area contributed by atoms with Crippen molar-refractivity contribution in [2.75, 3.05) is 37.2 Å². The Hall–Kier alpha value is -2.94. The maximum atomic E-state index is 12.8. The zero-order chi connectivity index (χ0) is 20.9. The van der Waals surface area contributed by atoms with Gasteiger partial charge in [-0.25, -0.2) is 8.42 Å². The summed E-state index contributed by atoms with van der Waals surface area (Å²) in [5.74, 6) is 0.947. The zero-order valence-electron chi connectivity index (χ0n) is 16.4. The van der Waals surface area contributed by atoms with Gasteiger partial charge in [0.25, 0.3) is 0 Å². The molecule has 0 aliphatic carbocycles. The highest BCUT2D eigenvalue weighted by Gasteiger charge is 2.29. The van der Waals surface area contributed by atoms with Gasteiger partial charge in [-0.1, -0.05) is 6.07 Å². The van der Waals surface area contributed by atoms with Crippen LogP contribution in [0.4, 0.5) is 11.4 Å². The van der Waals surface area contributed by atoms with Crippen LogP contribution in [0.2, 0.25) is 0 Å². The number of methoxy groups -OCH3 is 3. The van der Waals surface area contributed by atoms with E-state index in [1.165, 1.54) is 28.3 Å². The highest BCUT2D eigenvalue weighted by molar-refractivity contribution is 7.92. The van der Waals surface area contributed by atoms with Gasteiger partial charge in [0, 0.05) is 17.8 Å². The largest absolute Gasteiger partial charge is 0.497 e. The van der Waals surface area contributed by atoms with E-state index in [4.69, 9.17) is 14.2 Å².